The second-order valence-electron chi connectivity index (χ2n) is 4.52. The maximum absolute atomic E-state index is 12.2. The first kappa shape index (κ1) is 17.9. The lowest BCUT2D eigenvalue weighted by atomic mass is 10.2. The van der Waals surface area contributed by atoms with Crippen molar-refractivity contribution in [2.75, 3.05) is 51.6 Å². The summed E-state index contributed by atoms with van der Waals surface area (Å²) in [4.78, 5) is 0.169. The number of rotatable bonds is 10. The second kappa shape index (κ2) is 8.99. The van der Waals surface area contributed by atoms with Gasteiger partial charge in [-0.3, -0.25) is 0 Å². The Morgan fingerprint density at radius 1 is 1.05 bits per heavy atom. The third-order valence-corrected chi connectivity index (χ3v) is 4.65. The number of benzene rings is 1. The number of para-hydroxylation sites is 1. The molecule has 0 aromatic heterocycles. The van der Waals surface area contributed by atoms with E-state index >= 15 is 0 Å². The minimum absolute atomic E-state index is 0.0985. The molecule has 7 heteroatoms. The SMILES string of the molecule is COCCOCCOCCS(=O)(=O)c1cccc(C)c1N. The van der Waals surface area contributed by atoms with E-state index in [2.05, 4.69) is 0 Å². The van der Waals surface area contributed by atoms with Crippen LogP contribution in [0.5, 0.6) is 0 Å². The molecule has 0 heterocycles. The molecule has 0 saturated carbocycles. The minimum atomic E-state index is -3.43. The first-order valence-corrected chi connectivity index (χ1v) is 8.36. The summed E-state index contributed by atoms with van der Waals surface area (Å²) in [5.74, 6) is -0.0985. The van der Waals surface area contributed by atoms with Gasteiger partial charge in [0.2, 0.25) is 0 Å². The summed E-state index contributed by atoms with van der Waals surface area (Å²) in [6.07, 6.45) is 0. The number of hydrogen-bond donors (Lipinski definition) is 1. The van der Waals surface area contributed by atoms with Crippen LogP contribution in [-0.4, -0.2) is 54.3 Å². The molecule has 0 radical (unpaired) electrons. The predicted molar refractivity (Wildman–Crippen MR) is 81.2 cm³/mol. The number of methoxy groups -OCH3 is 1. The third kappa shape index (κ3) is 6.01. The predicted octanol–water partition coefficient (Wildman–Crippen LogP) is 1.03. The largest absolute Gasteiger partial charge is 0.397 e. The zero-order valence-corrected chi connectivity index (χ0v) is 13.3. The quantitative estimate of drug-likeness (QED) is 0.512. The summed E-state index contributed by atoms with van der Waals surface area (Å²) < 4.78 is 39.6. The summed E-state index contributed by atoms with van der Waals surface area (Å²) >= 11 is 0. The Labute approximate surface area is 126 Å². The highest BCUT2D eigenvalue weighted by Crippen LogP contribution is 2.22. The lowest BCUT2D eigenvalue weighted by Crippen LogP contribution is -2.16. The Morgan fingerprint density at radius 2 is 1.67 bits per heavy atom. The van der Waals surface area contributed by atoms with Crippen LogP contribution in [0.1, 0.15) is 5.56 Å². The maximum Gasteiger partial charge on any atom is 0.182 e. The highest BCUT2D eigenvalue weighted by atomic mass is 32.2. The van der Waals surface area contributed by atoms with Crippen LogP contribution in [0.15, 0.2) is 23.1 Å². The van der Waals surface area contributed by atoms with Crippen molar-refractivity contribution in [2.45, 2.75) is 11.8 Å². The molecular formula is C14H23NO5S. The first-order chi connectivity index (χ1) is 9.99. The van der Waals surface area contributed by atoms with Gasteiger partial charge >= 0.3 is 0 Å². The van der Waals surface area contributed by atoms with Gasteiger partial charge in [0.05, 0.1) is 49.4 Å². The summed E-state index contributed by atoms with van der Waals surface area (Å²) in [6.45, 7) is 3.68. The number of nitrogen functional groups attached to an aromatic ring is 1. The van der Waals surface area contributed by atoms with Crippen LogP contribution in [0.4, 0.5) is 5.69 Å². The maximum atomic E-state index is 12.2. The Morgan fingerprint density at radius 3 is 2.33 bits per heavy atom. The summed E-state index contributed by atoms with van der Waals surface area (Å²) in [5, 5.41) is 0. The monoisotopic (exact) mass is 317 g/mol. The Kier molecular flexibility index (Phi) is 7.66. The lowest BCUT2D eigenvalue weighted by molar-refractivity contribution is 0.0284. The van der Waals surface area contributed by atoms with E-state index in [-0.39, 0.29) is 17.3 Å². The normalized spacial score (nSPS) is 11.7. The van der Waals surface area contributed by atoms with E-state index in [1.54, 1.807) is 26.2 Å². The van der Waals surface area contributed by atoms with Gasteiger partial charge in [-0.1, -0.05) is 12.1 Å². The van der Waals surface area contributed by atoms with Crippen LogP contribution in [0.25, 0.3) is 0 Å². The molecule has 120 valence electrons. The van der Waals surface area contributed by atoms with E-state index < -0.39 is 9.84 Å². The van der Waals surface area contributed by atoms with Crippen molar-refractivity contribution in [1.29, 1.82) is 0 Å². The van der Waals surface area contributed by atoms with E-state index in [1.807, 2.05) is 0 Å². The number of anilines is 1. The number of aryl methyl sites for hydroxylation is 1. The van der Waals surface area contributed by atoms with Gasteiger partial charge < -0.3 is 19.9 Å². The fourth-order valence-corrected chi connectivity index (χ4v) is 3.01. The number of sulfone groups is 1. The highest BCUT2D eigenvalue weighted by Gasteiger charge is 2.18. The van der Waals surface area contributed by atoms with Crippen molar-refractivity contribution >= 4 is 15.5 Å². The molecule has 2 N–H and O–H groups in total. The molecule has 1 aromatic carbocycles. The van der Waals surface area contributed by atoms with E-state index in [9.17, 15) is 8.42 Å². The van der Waals surface area contributed by atoms with Crippen LogP contribution < -0.4 is 5.73 Å². The van der Waals surface area contributed by atoms with Gasteiger partial charge in [0.15, 0.2) is 9.84 Å². The average Bonchev–Trinajstić information content (AvgIpc) is 2.44. The molecular weight excluding hydrogens is 294 g/mol. The molecule has 0 aliphatic heterocycles. The summed E-state index contributed by atoms with van der Waals surface area (Å²) in [7, 11) is -1.83. The minimum Gasteiger partial charge on any atom is -0.397 e. The molecule has 0 amide bonds. The smallest absolute Gasteiger partial charge is 0.182 e. The van der Waals surface area contributed by atoms with Crippen molar-refractivity contribution in [3.05, 3.63) is 23.8 Å². The Hall–Kier alpha value is -1.15. The van der Waals surface area contributed by atoms with Gasteiger partial charge in [0.25, 0.3) is 0 Å². The molecule has 0 unspecified atom stereocenters. The number of nitrogens with two attached hydrogens (primary N) is 1. The van der Waals surface area contributed by atoms with Gasteiger partial charge in [0.1, 0.15) is 0 Å². The van der Waals surface area contributed by atoms with Crippen LogP contribution in [0.3, 0.4) is 0 Å². The number of ether oxygens (including phenoxy) is 3. The lowest BCUT2D eigenvalue weighted by Gasteiger charge is -2.10. The molecule has 0 aliphatic carbocycles. The topological polar surface area (TPSA) is 87.9 Å². The van der Waals surface area contributed by atoms with E-state index in [0.29, 0.717) is 32.1 Å². The standard InChI is InChI=1S/C14H23NO5S/c1-12-4-3-5-13(14(12)15)21(16,17)11-10-20-9-8-19-7-6-18-2/h3-5H,6-11,15H2,1-2H3. The molecule has 0 bridgehead atoms. The molecule has 1 aromatic rings. The summed E-state index contributed by atoms with van der Waals surface area (Å²) in [6, 6.07) is 4.98. The fraction of sp³-hybridized carbons (Fsp3) is 0.571. The fourth-order valence-electron chi connectivity index (χ4n) is 1.67. The van der Waals surface area contributed by atoms with Crippen molar-refractivity contribution in [2.24, 2.45) is 0 Å². The molecule has 6 nitrogen and oxygen atoms in total. The Balaban J connectivity index is 2.35. The first-order valence-electron chi connectivity index (χ1n) is 6.71. The average molecular weight is 317 g/mol. The summed E-state index contributed by atoms with van der Waals surface area (Å²) in [5.41, 5.74) is 6.87. The number of hydrogen-bond acceptors (Lipinski definition) is 6. The van der Waals surface area contributed by atoms with Crippen LogP contribution >= 0.6 is 0 Å². The molecule has 0 aliphatic rings. The van der Waals surface area contributed by atoms with E-state index in [4.69, 9.17) is 19.9 Å². The third-order valence-electron chi connectivity index (χ3n) is 2.92. The van der Waals surface area contributed by atoms with Gasteiger partial charge in [-0.05, 0) is 18.6 Å². The van der Waals surface area contributed by atoms with Crippen molar-refractivity contribution < 1.29 is 22.6 Å². The van der Waals surface area contributed by atoms with Crippen molar-refractivity contribution in [3.8, 4) is 0 Å². The van der Waals surface area contributed by atoms with Crippen LogP contribution in [-0.2, 0) is 24.0 Å². The Bertz CT molecular complexity index is 530. The van der Waals surface area contributed by atoms with Gasteiger partial charge in [-0.15, -0.1) is 0 Å². The van der Waals surface area contributed by atoms with Gasteiger partial charge in [-0.2, -0.15) is 0 Å². The van der Waals surface area contributed by atoms with E-state index in [0.717, 1.165) is 5.56 Å². The zero-order valence-electron chi connectivity index (χ0n) is 12.5. The van der Waals surface area contributed by atoms with Gasteiger partial charge in [0, 0.05) is 7.11 Å². The zero-order chi connectivity index (χ0) is 15.7. The van der Waals surface area contributed by atoms with Crippen molar-refractivity contribution in [1.82, 2.24) is 0 Å². The highest BCUT2D eigenvalue weighted by molar-refractivity contribution is 7.91. The van der Waals surface area contributed by atoms with Crippen LogP contribution in [0.2, 0.25) is 0 Å². The molecule has 0 atom stereocenters. The van der Waals surface area contributed by atoms with Gasteiger partial charge in [-0.25, -0.2) is 8.42 Å². The second-order valence-corrected chi connectivity index (χ2v) is 6.60. The van der Waals surface area contributed by atoms with E-state index in [1.165, 1.54) is 6.07 Å². The molecule has 1 rings (SSSR count). The van der Waals surface area contributed by atoms with Crippen LogP contribution in [0, 0.1) is 6.92 Å². The molecule has 0 spiro atoms. The molecule has 21 heavy (non-hydrogen) atoms. The molecule has 0 saturated heterocycles. The van der Waals surface area contributed by atoms with Crippen molar-refractivity contribution in [3.63, 3.8) is 0 Å². The molecule has 0 fully saturated rings.